The lowest BCUT2D eigenvalue weighted by molar-refractivity contribution is 0.179. The SMILES string of the molecule is CC(C)Oc1ccc(-c2cc(F)c(NC(=O)N3[C@H]4CC[C@@H]3c3c[nH]c(=O)cc3C4)cc2Cl)cn1. The number of ether oxygens (including phenoxy) is 1. The van der Waals surface area contributed by atoms with E-state index in [1.165, 1.54) is 12.1 Å². The van der Waals surface area contributed by atoms with E-state index in [1.54, 1.807) is 35.5 Å². The van der Waals surface area contributed by atoms with E-state index in [0.717, 1.165) is 24.0 Å². The molecule has 2 N–H and O–H groups in total. The summed E-state index contributed by atoms with van der Waals surface area (Å²) in [5, 5.41) is 2.99. The number of benzene rings is 1. The van der Waals surface area contributed by atoms with Crippen LogP contribution in [0.25, 0.3) is 11.1 Å². The Kier molecular flexibility index (Phi) is 5.77. The minimum Gasteiger partial charge on any atom is -0.475 e. The van der Waals surface area contributed by atoms with Gasteiger partial charge >= 0.3 is 6.03 Å². The molecule has 0 spiro atoms. The molecular weight excluding hydrogens is 459 g/mol. The third kappa shape index (κ3) is 4.14. The summed E-state index contributed by atoms with van der Waals surface area (Å²) in [6, 6.07) is 7.21. The first kappa shape index (κ1) is 22.4. The number of fused-ring (bicyclic) bond motifs is 4. The van der Waals surface area contributed by atoms with Crippen LogP contribution in [0.4, 0.5) is 14.9 Å². The first-order chi connectivity index (χ1) is 16.3. The van der Waals surface area contributed by atoms with Crippen LogP contribution in [0.2, 0.25) is 5.02 Å². The van der Waals surface area contributed by atoms with Crippen LogP contribution in [0.1, 0.15) is 43.9 Å². The van der Waals surface area contributed by atoms with Crippen LogP contribution in [0, 0.1) is 5.82 Å². The zero-order valence-electron chi connectivity index (χ0n) is 18.8. The molecule has 3 aromatic rings. The molecule has 176 valence electrons. The fourth-order valence-corrected chi connectivity index (χ4v) is 5.13. The number of halogens is 2. The van der Waals surface area contributed by atoms with E-state index >= 15 is 4.39 Å². The Morgan fingerprint density at radius 2 is 2.12 bits per heavy atom. The minimum atomic E-state index is -0.593. The number of hydrogen-bond acceptors (Lipinski definition) is 4. The lowest BCUT2D eigenvalue weighted by atomic mass is 9.95. The number of nitrogens with one attached hydrogen (secondary N) is 2. The van der Waals surface area contributed by atoms with Crippen LogP contribution in [0.3, 0.4) is 0 Å². The normalized spacial score (nSPS) is 18.7. The number of H-pyrrole nitrogens is 1. The number of carbonyl (C=O) groups excluding carboxylic acids is 1. The van der Waals surface area contributed by atoms with Gasteiger partial charge in [0.1, 0.15) is 5.82 Å². The maximum Gasteiger partial charge on any atom is 0.322 e. The predicted octanol–water partition coefficient (Wildman–Crippen LogP) is 5.31. The molecule has 0 unspecified atom stereocenters. The number of aromatic nitrogens is 2. The number of hydrogen-bond donors (Lipinski definition) is 2. The van der Waals surface area contributed by atoms with Crippen LogP contribution >= 0.6 is 11.6 Å². The third-order valence-corrected chi connectivity index (χ3v) is 6.61. The monoisotopic (exact) mass is 482 g/mol. The Morgan fingerprint density at radius 1 is 1.29 bits per heavy atom. The molecule has 2 aromatic heterocycles. The van der Waals surface area contributed by atoms with Crippen molar-refractivity contribution in [2.45, 2.75) is 51.3 Å². The van der Waals surface area contributed by atoms with Crippen molar-refractivity contribution in [3.63, 3.8) is 0 Å². The average molecular weight is 483 g/mol. The zero-order valence-corrected chi connectivity index (χ0v) is 19.5. The molecule has 0 radical (unpaired) electrons. The highest BCUT2D eigenvalue weighted by atomic mass is 35.5. The van der Waals surface area contributed by atoms with Gasteiger partial charge in [0.2, 0.25) is 11.4 Å². The Labute approximate surface area is 200 Å². The molecule has 4 heterocycles. The van der Waals surface area contributed by atoms with E-state index in [2.05, 4.69) is 15.3 Å². The summed E-state index contributed by atoms with van der Waals surface area (Å²) in [6.07, 6.45) is 5.48. The second-order valence-corrected chi connectivity index (χ2v) is 9.34. The van der Waals surface area contributed by atoms with Crippen molar-refractivity contribution in [3.05, 3.63) is 75.0 Å². The molecule has 34 heavy (non-hydrogen) atoms. The summed E-state index contributed by atoms with van der Waals surface area (Å²) >= 11 is 6.46. The van der Waals surface area contributed by atoms with E-state index < -0.39 is 5.82 Å². The highest BCUT2D eigenvalue weighted by molar-refractivity contribution is 6.33. The molecule has 7 nitrogen and oxygen atoms in total. The van der Waals surface area contributed by atoms with Crippen LogP contribution in [0.5, 0.6) is 5.88 Å². The summed E-state index contributed by atoms with van der Waals surface area (Å²) in [5.74, 6) is -0.120. The van der Waals surface area contributed by atoms with Crippen LogP contribution in [0.15, 0.2) is 47.5 Å². The molecule has 0 aliphatic carbocycles. The number of anilines is 1. The van der Waals surface area contributed by atoms with Gasteiger partial charge in [0.05, 0.1) is 22.9 Å². The Hall–Kier alpha value is -3.39. The van der Waals surface area contributed by atoms with Gasteiger partial charge in [0.15, 0.2) is 0 Å². The lowest BCUT2D eigenvalue weighted by Gasteiger charge is -2.36. The van der Waals surface area contributed by atoms with Gasteiger partial charge in [-0.25, -0.2) is 14.2 Å². The van der Waals surface area contributed by atoms with Gasteiger partial charge in [0, 0.05) is 41.7 Å². The molecule has 2 amide bonds. The van der Waals surface area contributed by atoms with E-state index in [9.17, 15) is 9.59 Å². The van der Waals surface area contributed by atoms with Gasteiger partial charge in [-0.2, -0.15) is 0 Å². The minimum absolute atomic E-state index is 0.00631. The molecule has 2 atom stereocenters. The van der Waals surface area contributed by atoms with Crippen LogP contribution in [-0.2, 0) is 6.42 Å². The predicted molar refractivity (Wildman–Crippen MR) is 128 cm³/mol. The number of carbonyl (C=O) groups is 1. The highest BCUT2D eigenvalue weighted by Crippen LogP contribution is 2.43. The quantitative estimate of drug-likeness (QED) is 0.527. The van der Waals surface area contributed by atoms with Crippen molar-refractivity contribution in [1.82, 2.24) is 14.9 Å². The molecule has 0 saturated carbocycles. The summed E-state index contributed by atoms with van der Waals surface area (Å²) in [5.41, 5.74) is 2.88. The second kappa shape index (κ2) is 8.76. The first-order valence-electron chi connectivity index (χ1n) is 11.2. The number of pyridine rings is 2. The molecule has 1 saturated heterocycles. The highest BCUT2D eigenvalue weighted by Gasteiger charge is 2.43. The number of amides is 2. The number of aromatic amines is 1. The summed E-state index contributed by atoms with van der Waals surface area (Å²) in [6.45, 7) is 3.81. The van der Waals surface area contributed by atoms with Gasteiger partial charge in [-0.1, -0.05) is 11.6 Å². The fraction of sp³-hybridized carbons (Fsp3) is 0.320. The topological polar surface area (TPSA) is 87.3 Å². The smallest absolute Gasteiger partial charge is 0.322 e. The van der Waals surface area contributed by atoms with Gasteiger partial charge in [-0.05, 0) is 62.4 Å². The summed E-state index contributed by atoms with van der Waals surface area (Å²) in [4.78, 5) is 33.5. The molecule has 1 fully saturated rings. The van der Waals surface area contributed by atoms with Crippen molar-refractivity contribution in [1.29, 1.82) is 0 Å². The van der Waals surface area contributed by atoms with Crippen LogP contribution < -0.4 is 15.6 Å². The molecular formula is C25H24ClFN4O3. The van der Waals surface area contributed by atoms with E-state index in [1.807, 2.05) is 13.8 Å². The standard InChI is InChI=1S/C25H24ClFN4O3/c1-13(2)34-24-6-3-14(11-29-24)17-9-20(27)21(10-19(17)26)30-25(33)31-16-4-5-22(31)18-12-28-23(32)8-15(18)7-16/h3,6,8-13,16,22H,4-5,7H2,1-2H3,(H,28,32)(H,30,33)/t16-,22+/m0/s1. The van der Waals surface area contributed by atoms with E-state index in [-0.39, 0.29) is 35.5 Å². The number of rotatable bonds is 4. The first-order valence-corrected chi connectivity index (χ1v) is 11.6. The maximum atomic E-state index is 15.0. The van der Waals surface area contributed by atoms with Gasteiger partial charge < -0.3 is 19.9 Å². The van der Waals surface area contributed by atoms with Crippen molar-refractivity contribution in [3.8, 4) is 17.0 Å². The molecule has 2 aliphatic heterocycles. The van der Waals surface area contributed by atoms with Crippen molar-refractivity contribution in [2.75, 3.05) is 5.32 Å². The number of urea groups is 1. The van der Waals surface area contributed by atoms with E-state index in [4.69, 9.17) is 16.3 Å². The van der Waals surface area contributed by atoms with Crippen molar-refractivity contribution >= 4 is 23.3 Å². The van der Waals surface area contributed by atoms with Crippen molar-refractivity contribution < 1.29 is 13.9 Å². The Balaban J connectivity index is 1.36. The van der Waals surface area contributed by atoms with Gasteiger partial charge in [0.25, 0.3) is 0 Å². The molecule has 2 bridgehead atoms. The molecule has 9 heteroatoms. The summed E-state index contributed by atoms with van der Waals surface area (Å²) < 4.78 is 20.6. The maximum absolute atomic E-state index is 15.0. The van der Waals surface area contributed by atoms with Crippen LogP contribution in [-0.4, -0.2) is 33.0 Å². The number of nitrogens with zero attached hydrogens (tertiary/aromatic N) is 2. The molecule has 2 aliphatic rings. The van der Waals surface area contributed by atoms with Crippen molar-refractivity contribution in [2.24, 2.45) is 0 Å². The molecule has 5 rings (SSSR count). The zero-order chi connectivity index (χ0) is 24.0. The fourth-order valence-electron chi connectivity index (χ4n) is 4.86. The third-order valence-electron chi connectivity index (χ3n) is 6.30. The largest absolute Gasteiger partial charge is 0.475 e. The lowest BCUT2D eigenvalue weighted by Crippen LogP contribution is -2.44. The Morgan fingerprint density at radius 3 is 2.85 bits per heavy atom. The van der Waals surface area contributed by atoms with Gasteiger partial charge in [-0.3, -0.25) is 4.79 Å². The second-order valence-electron chi connectivity index (χ2n) is 8.93. The van der Waals surface area contributed by atoms with E-state index in [0.29, 0.717) is 28.5 Å². The molecule has 1 aromatic carbocycles. The summed E-state index contributed by atoms with van der Waals surface area (Å²) in [7, 11) is 0. The van der Waals surface area contributed by atoms with Gasteiger partial charge in [-0.15, -0.1) is 0 Å². The Bertz CT molecular complexity index is 1310. The average Bonchev–Trinajstić information content (AvgIpc) is 3.11.